The second kappa shape index (κ2) is 7.26. The predicted octanol–water partition coefficient (Wildman–Crippen LogP) is 2.19. The molecule has 1 saturated heterocycles. The number of carbonyl (C=O) groups excluding carboxylic acids is 1. The zero-order valence-corrected chi connectivity index (χ0v) is 15.5. The highest BCUT2D eigenvalue weighted by atomic mass is 35.6. The van der Waals surface area contributed by atoms with E-state index in [1.807, 2.05) is 4.90 Å². The summed E-state index contributed by atoms with van der Waals surface area (Å²) in [5.74, 6) is -0.565. The third kappa shape index (κ3) is 3.84. The number of nitrogens with zero attached hydrogens (tertiary/aromatic N) is 6. The number of nitro groups is 1. The summed E-state index contributed by atoms with van der Waals surface area (Å²) in [5.41, 5.74) is 1.30. The molecule has 1 fully saturated rings. The van der Waals surface area contributed by atoms with E-state index in [4.69, 9.17) is 34.8 Å². The fourth-order valence-corrected chi connectivity index (χ4v) is 3.11. The van der Waals surface area contributed by atoms with Crippen LogP contribution in [0.1, 0.15) is 0 Å². The van der Waals surface area contributed by atoms with Crippen LogP contribution in [0.3, 0.4) is 0 Å². The molecule has 0 radical (unpaired) electrons. The molecule has 26 heavy (non-hydrogen) atoms. The second-order valence-electron chi connectivity index (χ2n) is 5.58. The van der Waals surface area contributed by atoms with E-state index < -0.39 is 14.6 Å². The minimum Gasteiger partial charge on any atom is -0.366 e. The molecular formula is C14H13Cl3N6O3. The average Bonchev–Trinajstić information content (AvgIpc) is 3.14. The van der Waals surface area contributed by atoms with Crippen LogP contribution in [-0.4, -0.2) is 60.5 Å². The van der Waals surface area contributed by atoms with Crippen LogP contribution in [0.2, 0.25) is 0 Å². The van der Waals surface area contributed by atoms with Gasteiger partial charge in [0, 0.05) is 38.3 Å². The first-order valence-corrected chi connectivity index (χ1v) is 8.65. The SMILES string of the molecule is O=C(N1CCN(c2ccc([N+](=O)[O-])cc2-n2cnnc2)CC1)C(Cl)(Cl)Cl. The monoisotopic (exact) mass is 418 g/mol. The number of carbonyl (C=O) groups is 1. The molecule has 3 rings (SSSR count). The molecule has 0 unspecified atom stereocenters. The summed E-state index contributed by atoms with van der Waals surface area (Å²) in [6.45, 7) is 1.70. The minimum absolute atomic E-state index is 0.0394. The van der Waals surface area contributed by atoms with Gasteiger partial charge in [0.15, 0.2) is 0 Å². The van der Waals surface area contributed by atoms with Crippen LogP contribution in [0.5, 0.6) is 0 Å². The van der Waals surface area contributed by atoms with E-state index in [2.05, 4.69) is 10.2 Å². The van der Waals surface area contributed by atoms with E-state index >= 15 is 0 Å². The molecule has 0 atom stereocenters. The average molecular weight is 420 g/mol. The van der Waals surface area contributed by atoms with Crippen molar-refractivity contribution in [3.8, 4) is 5.69 Å². The van der Waals surface area contributed by atoms with Crippen LogP contribution in [-0.2, 0) is 4.79 Å². The minimum atomic E-state index is -1.98. The van der Waals surface area contributed by atoms with Gasteiger partial charge in [0.05, 0.1) is 16.3 Å². The van der Waals surface area contributed by atoms with Crippen molar-refractivity contribution >= 4 is 52.1 Å². The van der Waals surface area contributed by atoms with E-state index in [9.17, 15) is 14.9 Å². The Morgan fingerprint density at radius 2 is 1.69 bits per heavy atom. The largest absolute Gasteiger partial charge is 0.366 e. The first-order chi connectivity index (χ1) is 12.3. The number of rotatable bonds is 3. The molecular weight excluding hydrogens is 407 g/mol. The van der Waals surface area contributed by atoms with Gasteiger partial charge in [0.1, 0.15) is 12.7 Å². The molecule has 0 spiro atoms. The smallest absolute Gasteiger partial charge is 0.274 e. The Hall–Kier alpha value is -2.10. The Labute approximate surface area is 163 Å². The summed E-state index contributed by atoms with van der Waals surface area (Å²) in [5, 5.41) is 18.6. The maximum absolute atomic E-state index is 12.1. The quantitative estimate of drug-likeness (QED) is 0.430. The van der Waals surface area contributed by atoms with Crippen molar-refractivity contribution in [3.63, 3.8) is 0 Å². The lowest BCUT2D eigenvalue weighted by atomic mass is 10.2. The number of aromatic nitrogens is 3. The van der Waals surface area contributed by atoms with Gasteiger partial charge in [-0.2, -0.15) is 0 Å². The summed E-state index contributed by atoms with van der Waals surface area (Å²) < 4.78 is -0.385. The van der Waals surface area contributed by atoms with Gasteiger partial charge in [0.2, 0.25) is 0 Å². The highest BCUT2D eigenvalue weighted by Crippen LogP contribution is 2.32. The van der Waals surface area contributed by atoms with Gasteiger partial charge in [-0.05, 0) is 6.07 Å². The summed E-state index contributed by atoms with van der Waals surface area (Å²) in [6, 6.07) is 4.56. The maximum Gasteiger partial charge on any atom is 0.274 e. The first kappa shape index (κ1) is 18.7. The van der Waals surface area contributed by atoms with Crippen molar-refractivity contribution in [3.05, 3.63) is 41.0 Å². The van der Waals surface area contributed by atoms with Gasteiger partial charge < -0.3 is 9.80 Å². The molecule has 0 bridgehead atoms. The highest BCUT2D eigenvalue weighted by Gasteiger charge is 2.36. The van der Waals surface area contributed by atoms with Crippen molar-refractivity contribution in [2.24, 2.45) is 0 Å². The predicted molar refractivity (Wildman–Crippen MR) is 97.1 cm³/mol. The van der Waals surface area contributed by atoms with E-state index in [0.29, 0.717) is 31.9 Å². The van der Waals surface area contributed by atoms with Gasteiger partial charge in [-0.1, -0.05) is 34.8 Å². The van der Waals surface area contributed by atoms with Crippen molar-refractivity contribution in [1.29, 1.82) is 0 Å². The molecule has 1 amide bonds. The van der Waals surface area contributed by atoms with Crippen molar-refractivity contribution in [2.75, 3.05) is 31.1 Å². The molecule has 1 aliphatic rings. The number of hydrogen-bond donors (Lipinski definition) is 0. The molecule has 9 nitrogen and oxygen atoms in total. The number of piperazine rings is 1. The van der Waals surface area contributed by atoms with Gasteiger partial charge in [0.25, 0.3) is 15.4 Å². The molecule has 2 aromatic rings. The van der Waals surface area contributed by atoms with Gasteiger partial charge >= 0.3 is 0 Å². The lowest BCUT2D eigenvalue weighted by molar-refractivity contribution is -0.384. The topological polar surface area (TPSA) is 97.4 Å². The van der Waals surface area contributed by atoms with Gasteiger partial charge in [-0.3, -0.25) is 19.5 Å². The standard InChI is InChI=1S/C14H13Cl3N6O3/c15-14(16,17)13(24)21-5-3-20(4-6-21)11-2-1-10(23(25)26)7-12(11)22-8-18-19-9-22/h1-2,7-9H,3-6H2. The van der Waals surface area contributed by atoms with Crippen LogP contribution in [0.4, 0.5) is 11.4 Å². The fourth-order valence-electron chi connectivity index (χ4n) is 2.75. The number of anilines is 1. The molecule has 12 heteroatoms. The number of halogens is 3. The van der Waals surface area contributed by atoms with Gasteiger partial charge in [-0.15, -0.1) is 10.2 Å². The Kier molecular flexibility index (Phi) is 5.22. The van der Waals surface area contributed by atoms with E-state index in [1.54, 1.807) is 10.6 Å². The van der Waals surface area contributed by atoms with Crippen molar-refractivity contribution < 1.29 is 9.72 Å². The molecule has 1 aliphatic heterocycles. The van der Waals surface area contributed by atoms with Gasteiger partial charge in [-0.25, -0.2) is 0 Å². The number of alkyl halides is 3. The molecule has 1 aromatic heterocycles. The Bertz CT molecular complexity index is 816. The van der Waals surface area contributed by atoms with E-state index in [1.165, 1.54) is 29.7 Å². The normalized spacial score (nSPS) is 15.2. The van der Waals surface area contributed by atoms with Crippen LogP contribution < -0.4 is 4.90 Å². The molecule has 0 saturated carbocycles. The van der Waals surface area contributed by atoms with Crippen LogP contribution >= 0.6 is 34.8 Å². The Morgan fingerprint density at radius 3 is 2.23 bits per heavy atom. The maximum atomic E-state index is 12.1. The van der Waals surface area contributed by atoms with Crippen molar-refractivity contribution in [2.45, 2.75) is 3.79 Å². The summed E-state index contributed by atoms with van der Waals surface area (Å²) in [7, 11) is 0. The van der Waals surface area contributed by atoms with E-state index in [0.717, 1.165) is 5.69 Å². The van der Waals surface area contributed by atoms with Crippen LogP contribution in [0, 0.1) is 10.1 Å². The lowest BCUT2D eigenvalue weighted by Gasteiger charge is -2.37. The van der Waals surface area contributed by atoms with Crippen LogP contribution in [0.25, 0.3) is 5.69 Å². The Morgan fingerprint density at radius 1 is 1.08 bits per heavy atom. The Balaban J connectivity index is 1.84. The number of amides is 1. The summed E-state index contributed by atoms with van der Waals surface area (Å²) in [6.07, 6.45) is 2.93. The third-order valence-electron chi connectivity index (χ3n) is 4.02. The summed E-state index contributed by atoms with van der Waals surface area (Å²) in [4.78, 5) is 26.2. The summed E-state index contributed by atoms with van der Waals surface area (Å²) >= 11 is 17.0. The zero-order chi connectivity index (χ0) is 18.9. The fraction of sp³-hybridized carbons (Fsp3) is 0.357. The highest BCUT2D eigenvalue weighted by molar-refractivity contribution is 6.76. The molecule has 0 aliphatic carbocycles. The molecule has 138 valence electrons. The number of non-ortho nitro benzene ring substituents is 1. The van der Waals surface area contributed by atoms with E-state index in [-0.39, 0.29) is 5.69 Å². The second-order valence-corrected chi connectivity index (χ2v) is 7.86. The molecule has 0 N–H and O–H groups in total. The number of benzene rings is 1. The number of nitro benzene ring substituents is 1. The lowest BCUT2D eigenvalue weighted by Crippen LogP contribution is -2.52. The molecule has 1 aromatic carbocycles. The van der Waals surface area contributed by atoms with Crippen LogP contribution in [0.15, 0.2) is 30.9 Å². The zero-order valence-electron chi connectivity index (χ0n) is 13.3. The van der Waals surface area contributed by atoms with Crippen molar-refractivity contribution in [1.82, 2.24) is 19.7 Å². The molecule has 2 heterocycles. The first-order valence-electron chi connectivity index (χ1n) is 7.52. The number of hydrogen-bond acceptors (Lipinski definition) is 6. The third-order valence-corrected chi connectivity index (χ3v) is 4.50.